The van der Waals surface area contributed by atoms with Gasteiger partial charge >= 0.3 is 0 Å². The summed E-state index contributed by atoms with van der Waals surface area (Å²) in [7, 11) is 4.41. The Balaban J connectivity index is 2.50. The monoisotopic (exact) mass is 378 g/mol. The van der Waals surface area contributed by atoms with E-state index in [0.717, 1.165) is 5.56 Å². The van der Waals surface area contributed by atoms with Crippen molar-refractivity contribution in [2.24, 2.45) is 0 Å². The van der Waals surface area contributed by atoms with Crippen LogP contribution >= 0.6 is 0 Å². The standard InChI is InChI=1S/C20H23FO6/c1-5-13-8-16(19(27-12-24-3)10-18(13)26-11-23-2)20(22)15-7-6-14(25-4)9-17(15)21/h6-10H,5,11-12H2,1-4H3. The highest BCUT2D eigenvalue weighted by molar-refractivity contribution is 6.11. The predicted octanol–water partition coefficient (Wildman–Crippen LogP) is 3.59. The van der Waals surface area contributed by atoms with E-state index in [1.165, 1.54) is 39.5 Å². The molecular weight excluding hydrogens is 355 g/mol. The van der Waals surface area contributed by atoms with E-state index in [0.29, 0.717) is 17.9 Å². The third-order valence-electron chi connectivity index (χ3n) is 3.87. The lowest BCUT2D eigenvalue weighted by atomic mass is 9.98. The molecule has 0 atom stereocenters. The number of hydrogen-bond donors (Lipinski definition) is 0. The molecule has 0 fully saturated rings. The second kappa shape index (κ2) is 9.89. The molecule has 0 saturated heterocycles. The summed E-state index contributed by atoms with van der Waals surface area (Å²) in [6.07, 6.45) is 0.606. The zero-order valence-corrected chi connectivity index (χ0v) is 15.8. The molecule has 0 heterocycles. The molecule has 6 nitrogen and oxygen atoms in total. The van der Waals surface area contributed by atoms with Crippen molar-refractivity contribution in [3.8, 4) is 17.2 Å². The molecular formula is C20H23FO6. The molecule has 0 aliphatic rings. The van der Waals surface area contributed by atoms with Gasteiger partial charge in [-0.3, -0.25) is 4.79 Å². The smallest absolute Gasteiger partial charge is 0.199 e. The molecule has 27 heavy (non-hydrogen) atoms. The number of ether oxygens (including phenoxy) is 5. The summed E-state index contributed by atoms with van der Waals surface area (Å²) in [5, 5.41) is 0. The van der Waals surface area contributed by atoms with Gasteiger partial charge in [0.05, 0.1) is 18.2 Å². The Hall–Kier alpha value is -2.64. The number of carbonyl (C=O) groups is 1. The number of halogens is 1. The topological polar surface area (TPSA) is 63.2 Å². The number of hydrogen-bond acceptors (Lipinski definition) is 6. The Morgan fingerprint density at radius 1 is 0.926 bits per heavy atom. The van der Waals surface area contributed by atoms with Crippen LogP contribution in [0.4, 0.5) is 4.39 Å². The molecule has 7 heteroatoms. The number of ketones is 1. The van der Waals surface area contributed by atoms with E-state index in [1.54, 1.807) is 12.1 Å². The van der Waals surface area contributed by atoms with Crippen molar-refractivity contribution in [1.29, 1.82) is 0 Å². The zero-order chi connectivity index (χ0) is 19.8. The van der Waals surface area contributed by atoms with Crippen LogP contribution in [0.2, 0.25) is 0 Å². The Bertz CT molecular complexity index is 790. The highest BCUT2D eigenvalue weighted by Gasteiger charge is 2.21. The van der Waals surface area contributed by atoms with Crippen LogP contribution in [0.15, 0.2) is 30.3 Å². The van der Waals surface area contributed by atoms with Crippen molar-refractivity contribution in [1.82, 2.24) is 0 Å². The highest BCUT2D eigenvalue weighted by atomic mass is 19.1. The van der Waals surface area contributed by atoms with E-state index < -0.39 is 11.6 Å². The Labute approximate surface area is 157 Å². The summed E-state index contributed by atoms with van der Waals surface area (Å²) in [4.78, 5) is 13.0. The number of aryl methyl sites for hydroxylation is 1. The molecule has 0 saturated carbocycles. The molecule has 146 valence electrons. The van der Waals surface area contributed by atoms with Gasteiger partial charge in [-0.05, 0) is 30.2 Å². The molecule has 0 amide bonds. The van der Waals surface area contributed by atoms with Crippen molar-refractivity contribution in [2.75, 3.05) is 34.9 Å². The third kappa shape index (κ3) is 4.96. The fourth-order valence-electron chi connectivity index (χ4n) is 2.51. The second-order valence-corrected chi connectivity index (χ2v) is 5.59. The van der Waals surface area contributed by atoms with Crippen LogP contribution in [0.1, 0.15) is 28.4 Å². The van der Waals surface area contributed by atoms with E-state index in [4.69, 9.17) is 23.7 Å². The van der Waals surface area contributed by atoms with Gasteiger partial charge in [-0.25, -0.2) is 4.39 Å². The minimum absolute atomic E-state index is 0.0527. The summed E-state index contributed by atoms with van der Waals surface area (Å²) in [6.45, 7) is 1.91. The minimum Gasteiger partial charge on any atom is -0.497 e. The quantitative estimate of drug-likeness (QED) is 0.465. The lowest BCUT2D eigenvalue weighted by Gasteiger charge is -2.16. The first-order valence-electron chi connectivity index (χ1n) is 8.34. The van der Waals surface area contributed by atoms with Gasteiger partial charge < -0.3 is 23.7 Å². The van der Waals surface area contributed by atoms with Crippen molar-refractivity contribution in [3.05, 3.63) is 52.8 Å². The first-order chi connectivity index (χ1) is 13.0. The molecule has 2 aromatic rings. The van der Waals surface area contributed by atoms with Crippen molar-refractivity contribution in [3.63, 3.8) is 0 Å². The molecule has 0 N–H and O–H groups in total. The summed E-state index contributed by atoms with van der Waals surface area (Å²) < 4.78 is 40.3. The van der Waals surface area contributed by atoms with Crippen molar-refractivity contribution >= 4 is 5.78 Å². The predicted molar refractivity (Wildman–Crippen MR) is 97.2 cm³/mol. The van der Waals surface area contributed by atoms with Crippen LogP contribution < -0.4 is 14.2 Å². The molecule has 0 bridgehead atoms. The number of methoxy groups -OCH3 is 3. The number of carbonyl (C=O) groups excluding carboxylic acids is 1. The first-order valence-corrected chi connectivity index (χ1v) is 8.34. The lowest BCUT2D eigenvalue weighted by Crippen LogP contribution is -2.11. The third-order valence-corrected chi connectivity index (χ3v) is 3.87. The average molecular weight is 378 g/mol. The summed E-state index contributed by atoms with van der Waals surface area (Å²) in [5.41, 5.74) is 0.914. The Morgan fingerprint density at radius 2 is 1.59 bits per heavy atom. The van der Waals surface area contributed by atoms with Gasteiger partial charge in [-0.1, -0.05) is 6.92 Å². The largest absolute Gasteiger partial charge is 0.497 e. The van der Waals surface area contributed by atoms with Gasteiger partial charge in [0.2, 0.25) is 0 Å². The van der Waals surface area contributed by atoms with Crippen LogP contribution in [0.5, 0.6) is 17.2 Å². The van der Waals surface area contributed by atoms with Gasteiger partial charge in [0.1, 0.15) is 23.1 Å². The average Bonchev–Trinajstić information content (AvgIpc) is 2.69. The lowest BCUT2D eigenvalue weighted by molar-refractivity contribution is 0.0452. The molecule has 2 rings (SSSR count). The summed E-state index contributed by atoms with van der Waals surface area (Å²) in [6, 6.07) is 7.31. The van der Waals surface area contributed by atoms with Crippen LogP contribution in [0, 0.1) is 5.82 Å². The Morgan fingerprint density at radius 3 is 2.15 bits per heavy atom. The normalized spacial score (nSPS) is 10.6. The molecule has 2 aromatic carbocycles. The van der Waals surface area contributed by atoms with Crippen molar-refractivity contribution < 1.29 is 32.9 Å². The van der Waals surface area contributed by atoms with Gasteiger partial charge in [-0.2, -0.15) is 0 Å². The van der Waals surface area contributed by atoms with Crippen LogP contribution in [0.25, 0.3) is 0 Å². The van der Waals surface area contributed by atoms with Gasteiger partial charge in [0, 0.05) is 26.4 Å². The fourth-order valence-corrected chi connectivity index (χ4v) is 2.51. The van der Waals surface area contributed by atoms with E-state index >= 15 is 0 Å². The SMILES string of the molecule is CCc1cc(C(=O)c2ccc(OC)cc2F)c(OCOC)cc1OCOC. The van der Waals surface area contributed by atoms with Crippen molar-refractivity contribution in [2.45, 2.75) is 13.3 Å². The van der Waals surface area contributed by atoms with Crippen LogP contribution in [-0.2, 0) is 15.9 Å². The fraction of sp³-hybridized carbons (Fsp3) is 0.350. The van der Waals surface area contributed by atoms with Gasteiger partial charge in [-0.15, -0.1) is 0 Å². The Kier molecular flexibility index (Phi) is 7.57. The first kappa shape index (κ1) is 20.7. The van der Waals surface area contributed by atoms with E-state index in [9.17, 15) is 9.18 Å². The molecule has 0 spiro atoms. The number of rotatable bonds is 10. The molecule has 0 unspecified atom stereocenters. The maximum atomic E-state index is 14.4. The van der Waals surface area contributed by atoms with Crippen LogP contribution in [-0.4, -0.2) is 40.7 Å². The molecule has 0 aliphatic carbocycles. The number of benzene rings is 2. The van der Waals surface area contributed by atoms with E-state index in [-0.39, 0.29) is 30.5 Å². The molecule has 0 aliphatic heterocycles. The van der Waals surface area contributed by atoms with Gasteiger partial charge in [0.25, 0.3) is 0 Å². The summed E-state index contributed by atoms with van der Waals surface area (Å²) in [5.74, 6) is -0.0842. The van der Waals surface area contributed by atoms with Crippen LogP contribution in [0.3, 0.4) is 0 Å². The highest BCUT2D eigenvalue weighted by Crippen LogP contribution is 2.32. The van der Waals surface area contributed by atoms with Gasteiger partial charge in [0.15, 0.2) is 19.4 Å². The van der Waals surface area contributed by atoms with E-state index in [1.807, 2.05) is 6.92 Å². The van der Waals surface area contributed by atoms with E-state index in [2.05, 4.69) is 0 Å². The molecule has 0 radical (unpaired) electrons. The maximum Gasteiger partial charge on any atom is 0.199 e. The minimum atomic E-state index is -0.671. The molecule has 0 aromatic heterocycles. The summed E-state index contributed by atoms with van der Waals surface area (Å²) >= 11 is 0. The maximum absolute atomic E-state index is 14.4. The second-order valence-electron chi connectivity index (χ2n) is 5.59. The zero-order valence-electron chi connectivity index (χ0n) is 15.8.